The molecule has 0 radical (unpaired) electrons. The molecule has 1 N–H and O–H groups in total. The SMILES string of the molecule is CC[C@@H]1CN(C(=O)OC(C)(C)C)CCN1c1ccc(C(=O)O)cc1. The Balaban J connectivity index is 2.07. The number of piperazine rings is 1. The van der Waals surface area contributed by atoms with Gasteiger partial charge in [0.25, 0.3) is 0 Å². The van der Waals surface area contributed by atoms with Crippen molar-refractivity contribution in [2.75, 3.05) is 24.5 Å². The summed E-state index contributed by atoms with van der Waals surface area (Å²) < 4.78 is 5.46. The van der Waals surface area contributed by atoms with Crippen LogP contribution in [0.5, 0.6) is 0 Å². The van der Waals surface area contributed by atoms with Crippen LogP contribution in [0, 0.1) is 0 Å². The Kier molecular flexibility index (Phi) is 5.36. The molecule has 1 aliphatic rings. The quantitative estimate of drug-likeness (QED) is 0.919. The van der Waals surface area contributed by atoms with Crippen LogP contribution in [0.15, 0.2) is 24.3 Å². The maximum absolute atomic E-state index is 12.3. The third-order valence-corrected chi connectivity index (χ3v) is 4.05. The van der Waals surface area contributed by atoms with Crippen molar-refractivity contribution in [2.24, 2.45) is 0 Å². The molecule has 1 aliphatic heterocycles. The van der Waals surface area contributed by atoms with Crippen LogP contribution in [0.25, 0.3) is 0 Å². The number of carboxylic acids is 1. The van der Waals surface area contributed by atoms with Crippen LogP contribution in [0.2, 0.25) is 0 Å². The lowest BCUT2D eigenvalue weighted by Gasteiger charge is -2.42. The number of benzene rings is 1. The molecule has 0 saturated carbocycles. The summed E-state index contributed by atoms with van der Waals surface area (Å²) in [5, 5.41) is 9.00. The van der Waals surface area contributed by atoms with Crippen LogP contribution < -0.4 is 4.90 Å². The molecule has 0 aliphatic carbocycles. The fourth-order valence-electron chi connectivity index (χ4n) is 2.83. The van der Waals surface area contributed by atoms with E-state index in [4.69, 9.17) is 9.84 Å². The van der Waals surface area contributed by atoms with E-state index in [0.717, 1.165) is 12.1 Å². The third kappa shape index (κ3) is 4.40. The number of carboxylic acid groups (broad SMARTS) is 1. The van der Waals surface area contributed by atoms with Crippen LogP contribution in [0.3, 0.4) is 0 Å². The first-order valence-corrected chi connectivity index (χ1v) is 8.29. The number of rotatable bonds is 3. The van der Waals surface area contributed by atoms with Crippen LogP contribution in [0.4, 0.5) is 10.5 Å². The number of ether oxygens (including phenoxy) is 1. The molecule has 1 atom stereocenters. The second kappa shape index (κ2) is 7.11. The van der Waals surface area contributed by atoms with E-state index in [1.807, 2.05) is 32.9 Å². The van der Waals surface area contributed by atoms with Gasteiger partial charge >= 0.3 is 12.1 Å². The van der Waals surface area contributed by atoms with Crippen molar-refractivity contribution in [3.8, 4) is 0 Å². The molecule has 1 saturated heterocycles. The van der Waals surface area contributed by atoms with Crippen LogP contribution in [0.1, 0.15) is 44.5 Å². The van der Waals surface area contributed by atoms with Gasteiger partial charge in [-0.25, -0.2) is 9.59 Å². The van der Waals surface area contributed by atoms with Gasteiger partial charge in [0.2, 0.25) is 0 Å². The topological polar surface area (TPSA) is 70.1 Å². The Labute approximate surface area is 143 Å². The van der Waals surface area contributed by atoms with Crippen molar-refractivity contribution in [3.63, 3.8) is 0 Å². The minimum Gasteiger partial charge on any atom is -0.478 e. The number of amides is 1. The first-order valence-electron chi connectivity index (χ1n) is 8.29. The molecule has 1 aromatic rings. The second-order valence-corrected chi connectivity index (χ2v) is 7.03. The Hall–Kier alpha value is -2.24. The highest BCUT2D eigenvalue weighted by atomic mass is 16.6. The number of anilines is 1. The van der Waals surface area contributed by atoms with Gasteiger partial charge in [0.1, 0.15) is 5.60 Å². The molecule has 1 aromatic carbocycles. The van der Waals surface area contributed by atoms with Gasteiger partial charge in [-0.05, 0) is 51.5 Å². The molecule has 2 rings (SSSR count). The summed E-state index contributed by atoms with van der Waals surface area (Å²) in [5.74, 6) is -0.927. The average Bonchev–Trinajstić information content (AvgIpc) is 2.52. The molecule has 0 spiro atoms. The number of carbonyl (C=O) groups excluding carboxylic acids is 1. The lowest BCUT2D eigenvalue weighted by atomic mass is 10.1. The zero-order chi connectivity index (χ0) is 17.9. The third-order valence-electron chi connectivity index (χ3n) is 4.05. The van der Waals surface area contributed by atoms with Crippen LogP contribution in [-0.2, 0) is 4.74 Å². The van der Waals surface area contributed by atoms with Crippen molar-refractivity contribution >= 4 is 17.7 Å². The fraction of sp³-hybridized carbons (Fsp3) is 0.556. The number of hydrogen-bond donors (Lipinski definition) is 1. The highest BCUT2D eigenvalue weighted by Crippen LogP contribution is 2.24. The Bertz CT molecular complexity index is 592. The van der Waals surface area contributed by atoms with Gasteiger partial charge in [0, 0.05) is 31.4 Å². The van der Waals surface area contributed by atoms with Crippen molar-refractivity contribution in [1.29, 1.82) is 0 Å². The maximum atomic E-state index is 12.3. The van der Waals surface area contributed by atoms with Crippen molar-refractivity contribution in [2.45, 2.75) is 45.8 Å². The van der Waals surface area contributed by atoms with Crippen LogP contribution in [-0.4, -0.2) is 53.3 Å². The first-order chi connectivity index (χ1) is 11.2. The zero-order valence-electron chi connectivity index (χ0n) is 14.8. The summed E-state index contributed by atoms with van der Waals surface area (Å²) in [5.41, 5.74) is 0.762. The maximum Gasteiger partial charge on any atom is 0.410 e. The highest BCUT2D eigenvalue weighted by Gasteiger charge is 2.31. The predicted molar refractivity (Wildman–Crippen MR) is 92.6 cm³/mol. The molecule has 1 heterocycles. The largest absolute Gasteiger partial charge is 0.478 e. The van der Waals surface area contributed by atoms with E-state index >= 15 is 0 Å². The summed E-state index contributed by atoms with van der Waals surface area (Å²) in [6.45, 7) is 9.57. The lowest BCUT2D eigenvalue weighted by molar-refractivity contribution is 0.0213. The summed E-state index contributed by atoms with van der Waals surface area (Å²) in [4.78, 5) is 27.2. The molecular formula is C18H26N2O4. The van der Waals surface area contributed by atoms with Gasteiger partial charge in [0.05, 0.1) is 5.56 Å². The summed E-state index contributed by atoms with van der Waals surface area (Å²) in [6, 6.07) is 7.07. The predicted octanol–water partition coefficient (Wildman–Crippen LogP) is 3.22. The number of nitrogens with zero attached hydrogens (tertiary/aromatic N) is 2. The first kappa shape index (κ1) is 18.1. The molecule has 0 bridgehead atoms. The molecule has 132 valence electrons. The van der Waals surface area contributed by atoms with Crippen molar-refractivity contribution in [3.05, 3.63) is 29.8 Å². The molecule has 24 heavy (non-hydrogen) atoms. The zero-order valence-corrected chi connectivity index (χ0v) is 14.8. The summed E-state index contributed by atoms with van der Waals surface area (Å²) >= 11 is 0. The smallest absolute Gasteiger partial charge is 0.410 e. The average molecular weight is 334 g/mol. The highest BCUT2D eigenvalue weighted by molar-refractivity contribution is 5.88. The Morgan fingerprint density at radius 3 is 2.33 bits per heavy atom. The second-order valence-electron chi connectivity index (χ2n) is 7.03. The fourth-order valence-corrected chi connectivity index (χ4v) is 2.83. The molecule has 0 aromatic heterocycles. The minimum absolute atomic E-state index is 0.182. The molecule has 1 fully saturated rings. The Morgan fingerprint density at radius 2 is 1.83 bits per heavy atom. The van der Waals surface area contributed by atoms with Crippen molar-refractivity contribution < 1.29 is 19.4 Å². The Morgan fingerprint density at radius 1 is 1.21 bits per heavy atom. The van der Waals surface area contributed by atoms with Gasteiger partial charge in [-0.1, -0.05) is 6.92 Å². The van der Waals surface area contributed by atoms with E-state index in [-0.39, 0.29) is 17.7 Å². The monoisotopic (exact) mass is 334 g/mol. The molecule has 6 heteroatoms. The van der Waals surface area contributed by atoms with Gasteiger partial charge in [-0.3, -0.25) is 0 Å². The molecule has 0 unspecified atom stereocenters. The van der Waals surface area contributed by atoms with Gasteiger partial charge in [-0.15, -0.1) is 0 Å². The van der Waals surface area contributed by atoms with Crippen LogP contribution >= 0.6 is 0 Å². The van der Waals surface area contributed by atoms with E-state index in [9.17, 15) is 9.59 Å². The molecule has 6 nitrogen and oxygen atoms in total. The summed E-state index contributed by atoms with van der Waals surface area (Å²) in [6.07, 6.45) is 0.613. The lowest BCUT2D eigenvalue weighted by Crippen LogP contribution is -2.55. The normalized spacial score (nSPS) is 18.4. The number of carbonyl (C=O) groups is 2. The standard InChI is InChI=1S/C18H26N2O4/c1-5-14-12-19(17(23)24-18(2,3)4)10-11-20(14)15-8-6-13(7-9-15)16(21)22/h6-9,14H,5,10-12H2,1-4H3,(H,21,22)/t14-/m1/s1. The van der Waals surface area contributed by atoms with Crippen molar-refractivity contribution in [1.82, 2.24) is 4.90 Å². The molecular weight excluding hydrogens is 308 g/mol. The molecule has 1 amide bonds. The van der Waals surface area contributed by atoms with E-state index in [2.05, 4.69) is 11.8 Å². The van der Waals surface area contributed by atoms with E-state index in [1.54, 1.807) is 17.0 Å². The van der Waals surface area contributed by atoms with E-state index in [0.29, 0.717) is 19.6 Å². The van der Waals surface area contributed by atoms with Gasteiger partial charge < -0.3 is 19.6 Å². The van der Waals surface area contributed by atoms with E-state index < -0.39 is 11.6 Å². The van der Waals surface area contributed by atoms with Gasteiger partial charge in [-0.2, -0.15) is 0 Å². The number of aromatic carboxylic acids is 1. The van der Waals surface area contributed by atoms with Gasteiger partial charge in [0.15, 0.2) is 0 Å². The van der Waals surface area contributed by atoms with E-state index in [1.165, 1.54) is 0 Å². The summed E-state index contributed by atoms with van der Waals surface area (Å²) in [7, 11) is 0. The number of hydrogen-bond acceptors (Lipinski definition) is 4. The minimum atomic E-state index is -0.927.